The van der Waals surface area contributed by atoms with E-state index in [1.54, 1.807) is 60.7 Å². The summed E-state index contributed by atoms with van der Waals surface area (Å²) in [6.07, 6.45) is -0.707. The highest BCUT2D eigenvalue weighted by Crippen LogP contribution is 2.35. The molecule has 0 spiro atoms. The Balaban J connectivity index is 1.42. The largest absolute Gasteiger partial charge is 0.495 e. The highest BCUT2D eigenvalue weighted by atomic mass is 32.2. The number of anilines is 1. The Bertz CT molecular complexity index is 2300. The summed E-state index contributed by atoms with van der Waals surface area (Å²) < 4.78 is 45.9. The Kier molecular flexibility index (Phi) is 9.70. The predicted octanol–water partition coefficient (Wildman–Crippen LogP) is 3.46. The van der Waals surface area contributed by atoms with Crippen LogP contribution in [0.2, 0.25) is 0 Å². The molecule has 15 nitrogen and oxygen atoms in total. The van der Waals surface area contributed by atoms with Gasteiger partial charge in [-0.1, -0.05) is 72.8 Å². The second-order valence-electron chi connectivity index (χ2n) is 12.5. The van der Waals surface area contributed by atoms with Crippen molar-refractivity contribution in [3.05, 3.63) is 125 Å². The Morgan fingerprint density at radius 1 is 0.889 bits per heavy atom. The fraction of sp³-hybridized carbons (Fsp3) is 0.211. The second kappa shape index (κ2) is 14.6. The number of sulfonamides is 1. The van der Waals surface area contributed by atoms with Crippen LogP contribution < -0.4 is 10.1 Å². The van der Waals surface area contributed by atoms with Crippen molar-refractivity contribution in [1.29, 1.82) is 0 Å². The molecule has 276 valence electrons. The van der Waals surface area contributed by atoms with E-state index in [4.69, 9.17) is 14.2 Å². The third kappa shape index (κ3) is 6.68. The molecule has 2 saturated heterocycles. The number of amides is 5. The number of rotatable bonds is 11. The van der Waals surface area contributed by atoms with Gasteiger partial charge in [0, 0.05) is 6.54 Å². The van der Waals surface area contributed by atoms with Crippen LogP contribution >= 0.6 is 0 Å². The van der Waals surface area contributed by atoms with Gasteiger partial charge in [0.1, 0.15) is 22.8 Å². The molecule has 54 heavy (non-hydrogen) atoms. The first-order chi connectivity index (χ1) is 26.0. The second-order valence-corrected chi connectivity index (χ2v) is 14.3. The molecule has 7 rings (SSSR count). The molecular formula is C38H33N5O10S. The molecule has 3 unspecified atom stereocenters. The first-order valence-electron chi connectivity index (χ1n) is 16.7. The molecule has 0 aliphatic carbocycles. The summed E-state index contributed by atoms with van der Waals surface area (Å²) >= 11 is 0. The minimum atomic E-state index is -4.70. The monoisotopic (exact) mass is 751 g/mol. The van der Waals surface area contributed by atoms with E-state index in [0.717, 1.165) is 4.31 Å². The van der Waals surface area contributed by atoms with Crippen LogP contribution in [0.4, 0.5) is 10.5 Å². The van der Waals surface area contributed by atoms with Gasteiger partial charge in [0.2, 0.25) is 0 Å². The molecule has 2 fully saturated rings. The van der Waals surface area contributed by atoms with Gasteiger partial charge in [0.25, 0.3) is 27.7 Å². The smallest absolute Gasteiger partial charge is 0.337 e. The highest BCUT2D eigenvalue weighted by Gasteiger charge is 2.58. The number of nitrogens with one attached hydrogen (secondary N) is 1. The normalized spacial score (nSPS) is 19.4. The fourth-order valence-electron chi connectivity index (χ4n) is 6.45. The van der Waals surface area contributed by atoms with Gasteiger partial charge in [-0.05, 0) is 41.5 Å². The van der Waals surface area contributed by atoms with Crippen molar-refractivity contribution < 1.29 is 46.6 Å². The zero-order valence-electron chi connectivity index (χ0n) is 28.9. The number of carbonyl (C=O) groups excluding carboxylic acids is 5. The average Bonchev–Trinajstić information content (AvgIpc) is 4.00. The lowest BCUT2D eigenvalue weighted by Gasteiger charge is -2.32. The van der Waals surface area contributed by atoms with Gasteiger partial charge < -0.3 is 24.4 Å². The first-order valence-corrected chi connectivity index (χ1v) is 18.1. The van der Waals surface area contributed by atoms with E-state index < -0.39 is 70.3 Å². The molecule has 3 heterocycles. The van der Waals surface area contributed by atoms with E-state index >= 15 is 0 Å². The molecule has 0 bridgehead atoms. The third-order valence-electron chi connectivity index (χ3n) is 9.14. The van der Waals surface area contributed by atoms with E-state index in [9.17, 15) is 32.4 Å². The van der Waals surface area contributed by atoms with Crippen molar-refractivity contribution in [3.63, 3.8) is 0 Å². The molecule has 1 N–H and O–H groups in total. The molecule has 16 heteroatoms. The number of carbonyl (C=O) groups is 5. The number of imide groups is 1. The molecule has 4 aromatic rings. The summed E-state index contributed by atoms with van der Waals surface area (Å²) in [5.74, 6) is -4.41. The number of nitrogens with zero attached hydrogens (tertiary/aromatic N) is 4. The molecule has 3 atom stereocenters. The van der Waals surface area contributed by atoms with Gasteiger partial charge >= 0.3 is 12.0 Å². The van der Waals surface area contributed by atoms with Crippen LogP contribution in [0.1, 0.15) is 31.8 Å². The lowest BCUT2D eigenvalue weighted by molar-refractivity contribution is -0.133. The Hall–Kier alpha value is -6.39. The Morgan fingerprint density at radius 3 is 2.15 bits per heavy atom. The van der Waals surface area contributed by atoms with Crippen molar-refractivity contribution in [2.75, 3.05) is 26.1 Å². The number of hydrogen-bond donors (Lipinski definition) is 1. The number of benzene rings is 4. The minimum absolute atomic E-state index is 0.0178. The number of amidine groups is 1. The van der Waals surface area contributed by atoms with E-state index in [1.807, 2.05) is 0 Å². The quantitative estimate of drug-likeness (QED) is 0.135. The van der Waals surface area contributed by atoms with Crippen LogP contribution in [0.15, 0.2) is 113 Å². The number of ether oxygens (including phenoxy) is 3. The summed E-state index contributed by atoms with van der Waals surface area (Å²) in [6, 6.07) is 22.4. The van der Waals surface area contributed by atoms with Crippen LogP contribution in [0.5, 0.6) is 5.75 Å². The van der Waals surface area contributed by atoms with E-state index in [1.165, 1.54) is 61.6 Å². The van der Waals surface area contributed by atoms with Gasteiger partial charge in [-0.2, -0.15) is 4.99 Å². The summed E-state index contributed by atoms with van der Waals surface area (Å²) in [5.41, 5.74) is 0.776. The SMILES string of the molecule is COC(=O)c1ccc(OC)c(NC(=O)C(C2=NC(=O)c3ccccc3S(=O)(=O)N2Cc2ccccc2)N2C(=O)C(C3CO3)N(Cc3ccccc3)C2=O)c1. The lowest BCUT2D eigenvalue weighted by Crippen LogP contribution is -2.58. The maximum atomic E-state index is 14.9. The molecule has 0 radical (unpaired) electrons. The van der Waals surface area contributed by atoms with E-state index in [2.05, 4.69) is 10.3 Å². The van der Waals surface area contributed by atoms with Crippen molar-refractivity contribution in [3.8, 4) is 5.75 Å². The summed E-state index contributed by atoms with van der Waals surface area (Å²) in [6.45, 7) is -0.341. The van der Waals surface area contributed by atoms with E-state index in [-0.39, 0.29) is 40.6 Å². The maximum Gasteiger partial charge on any atom is 0.337 e. The molecule has 3 aliphatic heterocycles. The predicted molar refractivity (Wildman–Crippen MR) is 192 cm³/mol. The first kappa shape index (κ1) is 36.0. The number of methoxy groups -OCH3 is 2. The standard InChI is InChI=1S/C38H33N5O10S/c1-51-28-18-17-25(37(47)52-2)19-27(28)39-35(45)32(43-36(46)31(29-22-53-29)41(38(43)48)20-23-11-5-3-6-12-23)33-40-34(44)26-15-9-10-16-30(26)54(49,50)42(33)21-24-13-7-4-8-14-24/h3-19,29,31-32H,20-22H2,1-2H3,(H,39,45). The number of hydrogen-bond acceptors (Lipinski definition) is 10. The van der Waals surface area contributed by atoms with Crippen LogP contribution in [0, 0.1) is 0 Å². The molecule has 0 saturated carbocycles. The molecule has 5 amide bonds. The summed E-state index contributed by atoms with van der Waals surface area (Å²) in [7, 11) is -2.21. The van der Waals surface area contributed by atoms with Crippen LogP contribution in [-0.2, 0) is 42.2 Å². The van der Waals surface area contributed by atoms with Crippen LogP contribution in [0.3, 0.4) is 0 Å². The van der Waals surface area contributed by atoms with Crippen LogP contribution in [-0.4, -0.2) is 97.1 Å². The highest BCUT2D eigenvalue weighted by molar-refractivity contribution is 7.89. The molecule has 3 aliphatic rings. The zero-order chi connectivity index (χ0) is 38.1. The number of esters is 1. The summed E-state index contributed by atoms with van der Waals surface area (Å²) in [4.78, 5) is 76.1. The zero-order valence-corrected chi connectivity index (χ0v) is 29.8. The summed E-state index contributed by atoms with van der Waals surface area (Å²) in [5, 5.41) is 2.61. The average molecular weight is 752 g/mol. The minimum Gasteiger partial charge on any atom is -0.495 e. The molecule has 0 aromatic heterocycles. The number of urea groups is 1. The number of fused-ring (bicyclic) bond motifs is 1. The Labute approximate surface area is 309 Å². The van der Waals surface area contributed by atoms with Crippen molar-refractivity contribution >= 4 is 51.3 Å². The van der Waals surface area contributed by atoms with Gasteiger partial charge in [-0.3, -0.25) is 14.4 Å². The fourth-order valence-corrected chi connectivity index (χ4v) is 8.08. The van der Waals surface area contributed by atoms with Gasteiger partial charge in [0.05, 0.1) is 44.2 Å². The third-order valence-corrected chi connectivity index (χ3v) is 10.9. The van der Waals surface area contributed by atoms with Crippen molar-refractivity contribution in [2.45, 2.75) is 36.2 Å². The number of aliphatic imine (C=N–C) groups is 1. The van der Waals surface area contributed by atoms with E-state index in [0.29, 0.717) is 16.0 Å². The maximum absolute atomic E-state index is 14.9. The van der Waals surface area contributed by atoms with Crippen molar-refractivity contribution in [2.24, 2.45) is 4.99 Å². The topological polar surface area (TPSA) is 185 Å². The lowest BCUT2D eigenvalue weighted by atomic mass is 10.1. The van der Waals surface area contributed by atoms with Gasteiger partial charge in [-0.15, -0.1) is 0 Å². The molecular weight excluding hydrogens is 719 g/mol. The van der Waals surface area contributed by atoms with Gasteiger partial charge in [0.15, 0.2) is 11.9 Å². The molecule has 4 aromatic carbocycles. The van der Waals surface area contributed by atoms with Crippen molar-refractivity contribution in [1.82, 2.24) is 14.1 Å². The van der Waals surface area contributed by atoms with Gasteiger partial charge in [-0.25, -0.2) is 27.2 Å². The van der Waals surface area contributed by atoms with Crippen LogP contribution in [0.25, 0.3) is 0 Å². The Morgan fingerprint density at radius 2 is 1.52 bits per heavy atom. The number of epoxide rings is 1.